The lowest BCUT2D eigenvalue weighted by atomic mass is 9.93. The molecule has 0 aromatic rings. The standard InChI is InChI=1S/2C38H70N2O21/c2*1-3-39-23(43)10-5-4-7-11-40(12-8-6-9-19-25(45)29(49)24(44)18(2)57-19)13-14-55-37-34(54)35(61-38-33(53)31(51)27(47)21(16-42)59-38)28(48)22(60-37)17-56-36-32(52)30(50)26(46)20(15-41)58-36/h2*18-22,24-38,41-42,44-54H,3-17H2,1-2H3,(H,39,43)/t2*18-,19-,20+,21+,22+,24+,25+,26+,27+,28+,29+,30-,31-,32-,33-,34-,35-,36-,37-,38+/m00/s1. The van der Waals surface area contributed by atoms with Crippen LogP contribution in [0.4, 0.5) is 0 Å². The maximum absolute atomic E-state index is 11.9. The summed E-state index contributed by atoms with van der Waals surface area (Å²) in [6.45, 7) is 6.51. The minimum absolute atomic E-state index is 0.0336. The van der Waals surface area contributed by atoms with Crippen LogP contribution in [0.5, 0.6) is 0 Å². The minimum atomic E-state index is -1.90. The van der Waals surface area contributed by atoms with Crippen molar-refractivity contribution in [2.45, 2.75) is 363 Å². The van der Waals surface area contributed by atoms with Gasteiger partial charge in [-0.15, -0.1) is 0 Å². The lowest BCUT2D eigenvalue weighted by Crippen LogP contribution is -2.65. The lowest BCUT2D eigenvalue weighted by Gasteiger charge is -2.46. The first-order valence-electron chi connectivity index (χ1n) is 42.5. The number of carbonyl (C=O) groups excluding carboxylic acids is 2. The predicted molar refractivity (Wildman–Crippen MR) is 410 cm³/mol. The Balaban J connectivity index is 0.000000336. The number of ether oxygens (including phenoxy) is 14. The van der Waals surface area contributed by atoms with Gasteiger partial charge in [-0.05, 0) is 118 Å². The number of carbonyl (C=O) groups is 2. The van der Waals surface area contributed by atoms with Crippen LogP contribution in [0.15, 0.2) is 0 Å². The van der Waals surface area contributed by atoms with Gasteiger partial charge in [-0.1, -0.05) is 12.8 Å². The second-order valence-corrected chi connectivity index (χ2v) is 32.4. The van der Waals surface area contributed by atoms with Crippen LogP contribution in [-0.4, -0.2) is 505 Å². The van der Waals surface area contributed by atoms with E-state index in [2.05, 4.69) is 20.4 Å². The van der Waals surface area contributed by atoms with E-state index < -0.39 is 285 Å². The van der Waals surface area contributed by atoms with Gasteiger partial charge in [0.15, 0.2) is 37.7 Å². The van der Waals surface area contributed by atoms with Crippen molar-refractivity contribution >= 4 is 11.8 Å². The summed E-state index contributed by atoms with van der Waals surface area (Å²) < 4.78 is 79.8. The fourth-order valence-corrected chi connectivity index (χ4v) is 15.7. The fraction of sp³-hybridized carbons (Fsp3) is 0.974. The Kier molecular flexibility index (Phi) is 46.1. The molecular weight excluding hydrogens is 1640 g/mol. The van der Waals surface area contributed by atoms with Crippen molar-refractivity contribution < 1.29 is 209 Å². The summed E-state index contributed by atoms with van der Waals surface area (Å²) in [6, 6.07) is 0. The molecule has 0 spiro atoms. The smallest absolute Gasteiger partial charge is 0.219 e. The van der Waals surface area contributed by atoms with Crippen molar-refractivity contribution in [1.29, 1.82) is 0 Å². The highest BCUT2D eigenvalue weighted by atomic mass is 16.8. The van der Waals surface area contributed by atoms with Crippen LogP contribution in [0.1, 0.15) is 118 Å². The summed E-state index contributed by atoms with van der Waals surface area (Å²) in [4.78, 5) is 28.0. The summed E-state index contributed by atoms with van der Waals surface area (Å²) in [5.41, 5.74) is 0. The number of amides is 2. The van der Waals surface area contributed by atoms with Crippen LogP contribution in [0, 0.1) is 0 Å². The number of nitrogens with zero attached hydrogens (tertiary/aromatic N) is 2. The van der Waals surface area contributed by atoms with Crippen LogP contribution >= 0.6 is 0 Å². The average Bonchev–Trinajstić information content (AvgIpc) is 0.783. The summed E-state index contributed by atoms with van der Waals surface area (Å²) in [7, 11) is 0. The van der Waals surface area contributed by atoms with E-state index in [1.807, 2.05) is 13.8 Å². The molecule has 46 heteroatoms. The van der Waals surface area contributed by atoms with Crippen molar-refractivity contribution in [2.24, 2.45) is 0 Å². The third-order valence-electron chi connectivity index (χ3n) is 23.3. The van der Waals surface area contributed by atoms with Crippen LogP contribution in [-0.2, 0) is 75.9 Å². The third-order valence-corrected chi connectivity index (χ3v) is 23.3. The van der Waals surface area contributed by atoms with Gasteiger partial charge in [0.25, 0.3) is 0 Å². The highest BCUT2D eigenvalue weighted by molar-refractivity contribution is 5.76. The normalized spacial score (nSPS) is 42.2. The summed E-state index contributed by atoms with van der Waals surface area (Å²) in [5.74, 6) is -0.0672. The van der Waals surface area contributed by atoms with E-state index in [4.69, 9.17) is 66.3 Å². The molecule has 8 fully saturated rings. The van der Waals surface area contributed by atoms with Crippen molar-refractivity contribution in [1.82, 2.24) is 20.4 Å². The molecule has 0 bridgehead atoms. The van der Waals surface area contributed by atoms with E-state index in [0.717, 1.165) is 25.7 Å². The zero-order valence-corrected chi connectivity index (χ0v) is 69.4. The largest absolute Gasteiger partial charge is 0.394 e. The monoisotopic (exact) mass is 1780 g/mol. The van der Waals surface area contributed by atoms with Gasteiger partial charge < -0.3 is 220 Å². The molecule has 0 saturated carbocycles. The SMILES string of the molecule is CCNC(=O)CCCCCN(CCCC[C@@H]1O[C@@H](C)[C@@H](O)[C@@H](O)[C@@H]1O)CCO[C@H]1O[C@H](CO[C@H]2O[C@H](CO)[C@@H](O)[C@H](O)[C@@H]2O)[C@@H](O)[C@H](O[C@H]2O[C@H](CO)[C@@H](O)[C@H](O)[C@@H]2O)[C@@H]1O.CCNC(=O)CCCCCN(CCCC[C@@H]1O[C@@H](C)[C@@H](O)[C@@H](O)[C@@H]1O)CCO[C@H]1O[C@H](CO[C@H]2O[C@H](CO)[C@@H](O)[C@H](O)[C@@H]2O)[C@@H](O)[C@H](O[C@H]2O[C@H](CO)[C@@H](O)[C@H](O)[C@@H]2O)[C@@H]1O. The quantitative estimate of drug-likeness (QED) is 0.0252. The van der Waals surface area contributed by atoms with Gasteiger partial charge >= 0.3 is 0 Å². The number of nitrogens with one attached hydrogen (secondary N) is 2. The molecule has 8 rings (SSSR count). The molecule has 8 saturated heterocycles. The molecule has 0 aromatic carbocycles. The van der Waals surface area contributed by atoms with Gasteiger partial charge in [0.05, 0.1) is 77.3 Å². The summed E-state index contributed by atoms with van der Waals surface area (Å²) in [5, 5.41) is 275. The van der Waals surface area contributed by atoms with Crippen LogP contribution in [0.3, 0.4) is 0 Å². The first-order chi connectivity index (χ1) is 58.1. The molecule has 40 atom stereocenters. The number of rotatable bonds is 46. The first-order valence-corrected chi connectivity index (χ1v) is 42.5. The van der Waals surface area contributed by atoms with E-state index in [-0.39, 0.29) is 25.0 Å². The molecule has 0 unspecified atom stereocenters. The summed E-state index contributed by atoms with van der Waals surface area (Å²) >= 11 is 0. The van der Waals surface area contributed by atoms with E-state index >= 15 is 0 Å². The molecule has 0 aliphatic carbocycles. The van der Waals surface area contributed by atoms with Crippen LogP contribution < -0.4 is 10.6 Å². The van der Waals surface area contributed by atoms with Gasteiger partial charge in [0, 0.05) is 39.0 Å². The number of hydrogen-bond donors (Lipinski definition) is 28. The van der Waals surface area contributed by atoms with Crippen molar-refractivity contribution in [3.8, 4) is 0 Å². The van der Waals surface area contributed by atoms with Crippen LogP contribution in [0.2, 0.25) is 0 Å². The molecule has 0 radical (unpaired) electrons. The molecule has 8 heterocycles. The second kappa shape index (κ2) is 52.9. The van der Waals surface area contributed by atoms with Gasteiger partial charge in [-0.25, -0.2) is 0 Å². The molecule has 0 aromatic heterocycles. The molecule has 2 amide bonds. The summed E-state index contributed by atoms with van der Waals surface area (Å²) in [6.07, 6.45) is -51.9. The Hall–Kier alpha value is -2.74. The molecule has 28 N–H and O–H groups in total. The average molecular weight is 1780 g/mol. The van der Waals surface area contributed by atoms with E-state index in [1.165, 1.54) is 0 Å². The topological polar surface area (TPSA) is 720 Å². The Morgan fingerprint density at radius 2 is 0.549 bits per heavy atom. The Labute approximate surface area is 706 Å². The number of aliphatic hydroxyl groups excluding tert-OH is 26. The molecule has 8 aliphatic heterocycles. The Morgan fingerprint density at radius 1 is 0.279 bits per heavy atom. The highest BCUT2D eigenvalue weighted by Crippen LogP contribution is 2.35. The number of hydrogen-bond acceptors (Lipinski definition) is 44. The van der Waals surface area contributed by atoms with E-state index in [1.54, 1.807) is 13.8 Å². The van der Waals surface area contributed by atoms with Crippen molar-refractivity contribution in [2.75, 3.05) is 105 Å². The molecule has 122 heavy (non-hydrogen) atoms. The third kappa shape index (κ3) is 29.6. The van der Waals surface area contributed by atoms with Crippen molar-refractivity contribution in [3.63, 3.8) is 0 Å². The molecule has 8 aliphatic rings. The number of aliphatic hydroxyl groups is 26. The maximum Gasteiger partial charge on any atom is 0.219 e. The van der Waals surface area contributed by atoms with Gasteiger partial charge in [0.2, 0.25) is 11.8 Å². The lowest BCUT2D eigenvalue weighted by molar-refractivity contribution is -0.366. The fourth-order valence-electron chi connectivity index (χ4n) is 15.7. The first kappa shape index (κ1) is 106. The maximum atomic E-state index is 11.9. The highest BCUT2D eigenvalue weighted by Gasteiger charge is 2.56. The molecular formula is C76H140N4O42. The Bertz CT molecular complexity index is 2700. The van der Waals surface area contributed by atoms with Crippen LogP contribution in [0.25, 0.3) is 0 Å². The van der Waals surface area contributed by atoms with Gasteiger partial charge in [-0.2, -0.15) is 0 Å². The minimum Gasteiger partial charge on any atom is -0.394 e. The zero-order chi connectivity index (χ0) is 89.9. The van der Waals surface area contributed by atoms with E-state index in [9.17, 15) is 142 Å². The van der Waals surface area contributed by atoms with Gasteiger partial charge in [-0.3, -0.25) is 9.59 Å². The molecule has 46 nitrogen and oxygen atoms in total. The second-order valence-electron chi connectivity index (χ2n) is 32.4. The van der Waals surface area contributed by atoms with E-state index in [0.29, 0.717) is 117 Å². The van der Waals surface area contributed by atoms with Crippen molar-refractivity contribution in [3.05, 3.63) is 0 Å². The Morgan fingerprint density at radius 3 is 0.861 bits per heavy atom. The zero-order valence-electron chi connectivity index (χ0n) is 69.4. The molecule has 716 valence electrons. The number of unbranched alkanes of at least 4 members (excludes halogenated alkanes) is 6. The van der Waals surface area contributed by atoms with Gasteiger partial charge in [0.1, 0.15) is 183 Å². The predicted octanol–water partition coefficient (Wildman–Crippen LogP) is -13.0.